The highest BCUT2D eigenvalue weighted by Crippen LogP contribution is 2.39. The monoisotopic (exact) mass is 442 g/mol. The molecule has 4 rings (SSSR count). The molecule has 1 aromatic carbocycles. The molecule has 1 aliphatic rings. The Labute approximate surface area is 184 Å². The van der Waals surface area contributed by atoms with Crippen LogP contribution in [0.3, 0.4) is 0 Å². The van der Waals surface area contributed by atoms with Gasteiger partial charge in [0.1, 0.15) is 10.2 Å². The molecule has 0 radical (unpaired) electrons. The van der Waals surface area contributed by atoms with Crippen molar-refractivity contribution in [3.8, 4) is 0 Å². The number of thiophene rings is 1. The second-order valence-electron chi connectivity index (χ2n) is 7.77. The van der Waals surface area contributed by atoms with E-state index in [1.165, 1.54) is 11.3 Å². The van der Waals surface area contributed by atoms with Crippen molar-refractivity contribution in [3.63, 3.8) is 0 Å². The number of halogens is 1. The van der Waals surface area contributed by atoms with Crippen molar-refractivity contribution in [3.05, 3.63) is 68.3 Å². The summed E-state index contributed by atoms with van der Waals surface area (Å²) in [5.41, 5.74) is 8.93. The summed E-state index contributed by atoms with van der Waals surface area (Å²) in [5.74, 6) is -0.348. The first-order valence-corrected chi connectivity index (χ1v) is 11.1. The van der Waals surface area contributed by atoms with E-state index in [0.29, 0.717) is 34.3 Å². The third-order valence-corrected chi connectivity index (χ3v) is 7.01. The van der Waals surface area contributed by atoms with E-state index in [-0.39, 0.29) is 11.1 Å². The Bertz CT molecular complexity index is 1120. The number of nitrogens with two attached hydrogens (primary N) is 1. The van der Waals surface area contributed by atoms with E-state index >= 15 is 0 Å². The van der Waals surface area contributed by atoms with Gasteiger partial charge in [-0.3, -0.25) is 9.59 Å². The number of carbonyl (C=O) groups excluding carboxylic acids is 2. The molecule has 0 spiro atoms. The molecule has 2 heterocycles. The Kier molecular flexibility index (Phi) is 5.66. The van der Waals surface area contributed by atoms with Crippen LogP contribution in [0.1, 0.15) is 55.8 Å². The van der Waals surface area contributed by atoms with Crippen LogP contribution in [0, 0.1) is 12.8 Å². The fraction of sp³-hybridized carbons (Fsp3) is 0.318. The molecule has 0 saturated heterocycles. The zero-order chi connectivity index (χ0) is 21.4. The smallest absolute Gasteiger partial charge is 0.261 e. The number of benzene rings is 1. The van der Waals surface area contributed by atoms with Gasteiger partial charge in [-0.15, -0.1) is 11.3 Å². The third-order valence-electron chi connectivity index (χ3n) is 5.45. The van der Waals surface area contributed by atoms with E-state index in [2.05, 4.69) is 17.3 Å². The Morgan fingerprint density at radius 3 is 2.73 bits per heavy atom. The minimum absolute atomic E-state index is 0.268. The summed E-state index contributed by atoms with van der Waals surface area (Å²) >= 11 is 7.95. The molecular formula is C22H23ClN4O2S. The van der Waals surface area contributed by atoms with Gasteiger partial charge < -0.3 is 11.1 Å². The maximum absolute atomic E-state index is 13.1. The second-order valence-corrected chi connectivity index (χ2v) is 9.23. The van der Waals surface area contributed by atoms with Crippen molar-refractivity contribution in [2.45, 2.75) is 39.7 Å². The standard InChI is InChI=1S/C22H23ClN4O2S/c1-12-8-9-15-16(10-12)30-22(18(15)20(24)28)25-21(29)17-13(2)26-27(19(17)23)11-14-6-4-3-5-7-14/h3-7,12H,8-11H2,1-2H3,(H2,24,28)(H,25,29)/t12-/m1/s1. The van der Waals surface area contributed by atoms with Gasteiger partial charge in [-0.25, -0.2) is 4.68 Å². The molecule has 2 amide bonds. The van der Waals surface area contributed by atoms with Gasteiger partial charge in [-0.1, -0.05) is 48.9 Å². The van der Waals surface area contributed by atoms with E-state index in [1.807, 2.05) is 30.3 Å². The molecule has 3 aromatic rings. The van der Waals surface area contributed by atoms with Crippen LogP contribution in [-0.4, -0.2) is 21.6 Å². The summed E-state index contributed by atoms with van der Waals surface area (Å²) in [6.07, 6.45) is 2.70. The van der Waals surface area contributed by atoms with Gasteiger partial charge in [0.25, 0.3) is 11.8 Å². The van der Waals surface area contributed by atoms with Crippen molar-refractivity contribution >= 4 is 39.8 Å². The van der Waals surface area contributed by atoms with Crippen LogP contribution < -0.4 is 11.1 Å². The number of aromatic nitrogens is 2. The molecule has 0 bridgehead atoms. The maximum atomic E-state index is 13.1. The minimum Gasteiger partial charge on any atom is -0.365 e. The number of nitrogens with zero attached hydrogens (tertiary/aromatic N) is 2. The molecule has 1 atom stereocenters. The van der Waals surface area contributed by atoms with Gasteiger partial charge in [0.15, 0.2) is 0 Å². The predicted molar refractivity (Wildman–Crippen MR) is 119 cm³/mol. The van der Waals surface area contributed by atoms with Gasteiger partial charge in [0.2, 0.25) is 0 Å². The Morgan fingerprint density at radius 2 is 2.03 bits per heavy atom. The second kappa shape index (κ2) is 8.24. The van der Waals surface area contributed by atoms with Gasteiger partial charge in [0.05, 0.1) is 23.4 Å². The lowest BCUT2D eigenvalue weighted by Gasteiger charge is -2.18. The predicted octanol–water partition coefficient (Wildman–Crippen LogP) is 4.43. The number of anilines is 1. The van der Waals surface area contributed by atoms with Crippen LogP contribution >= 0.6 is 22.9 Å². The number of rotatable bonds is 5. The minimum atomic E-state index is -0.514. The van der Waals surface area contributed by atoms with Gasteiger partial charge in [-0.2, -0.15) is 5.10 Å². The van der Waals surface area contributed by atoms with Crippen molar-refractivity contribution in [2.75, 3.05) is 5.32 Å². The zero-order valence-corrected chi connectivity index (χ0v) is 18.4. The summed E-state index contributed by atoms with van der Waals surface area (Å²) in [4.78, 5) is 26.3. The SMILES string of the molecule is Cc1nn(Cc2ccccc2)c(Cl)c1C(=O)Nc1sc2c(c1C(N)=O)CC[C@@H](C)C2. The number of primary amides is 1. The molecule has 6 nitrogen and oxygen atoms in total. The number of aryl methyl sites for hydroxylation is 1. The fourth-order valence-corrected chi connectivity index (χ4v) is 5.67. The van der Waals surface area contributed by atoms with Crippen LogP contribution in [0.2, 0.25) is 5.15 Å². The maximum Gasteiger partial charge on any atom is 0.261 e. The number of hydrogen-bond donors (Lipinski definition) is 2. The molecule has 0 unspecified atom stereocenters. The summed E-state index contributed by atoms with van der Waals surface area (Å²) in [6, 6.07) is 9.78. The molecular weight excluding hydrogens is 420 g/mol. The van der Waals surface area contributed by atoms with Crippen LogP contribution in [0.25, 0.3) is 0 Å². The zero-order valence-electron chi connectivity index (χ0n) is 16.9. The number of fused-ring (bicyclic) bond motifs is 1. The first-order chi connectivity index (χ1) is 14.3. The largest absolute Gasteiger partial charge is 0.365 e. The third kappa shape index (κ3) is 3.87. The number of carbonyl (C=O) groups is 2. The molecule has 0 saturated carbocycles. The highest BCUT2D eigenvalue weighted by Gasteiger charge is 2.29. The highest BCUT2D eigenvalue weighted by atomic mass is 35.5. The van der Waals surface area contributed by atoms with Crippen molar-refractivity contribution in [2.24, 2.45) is 11.7 Å². The summed E-state index contributed by atoms with van der Waals surface area (Å²) in [5, 5.41) is 8.08. The van der Waals surface area contributed by atoms with Crippen LogP contribution in [0.4, 0.5) is 5.00 Å². The Hall–Kier alpha value is -2.64. The fourth-order valence-electron chi connectivity index (χ4n) is 3.94. The quantitative estimate of drug-likeness (QED) is 0.612. The Morgan fingerprint density at radius 1 is 1.30 bits per heavy atom. The van der Waals surface area contributed by atoms with Crippen LogP contribution in [-0.2, 0) is 19.4 Å². The van der Waals surface area contributed by atoms with Gasteiger partial charge in [0, 0.05) is 4.88 Å². The topological polar surface area (TPSA) is 90.0 Å². The van der Waals surface area contributed by atoms with Crippen molar-refractivity contribution in [1.82, 2.24) is 9.78 Å². The average molecular weight is 443 g/mol. The van der Waals surface area contributed by atoms with E-state index in [9.17, 15) is 9.59 Å². The van der Waals surface area contributed by atoms with Crippen LogP contribution in [0.5, 0.6) is 0 Å². The van der Waals surface area contributed by atoms with E-state index in [0.717, 1.165) is 35.3 Å². The van der Waals surface area contributed by atoms with E-state index in [1.54, 1.807) is 11.6 Å². The summed E-state index contributed by atoms with van der Waals surface area (Å²) < 4.78 is 1.61. The van der Waals surface area contributed by atoms with Gasteiger partial charge in [-0.05, 0) is 43.2 Å². The van der Waals surface area contributed by atoms with Crippen LogP contribution in [0.15, 0.2) is 30.3 Å². The molecule has 2 aromatic heterocycles. The van der Waals surface area contributed by atoms with E-state index in [4.69, 9.17) is 17.3 Å². The number of hydrogen-bond acceptors (Lipinski definition) is 4. The summed E-state index contributed by atoms with van der Waals surface area (Å²) in [7, 11) is 0. The highest BCUT2D eigenvalue weighted by molar-refractivity contribution is 7.17. The lowest BCUT2D eigenvalue weighted by molar-refractivity contribution is 0.1000. The molecule has 156 valence electrons. The first-order valence-electron chi connectivity index (χ1n) is 9.87. The molecule has 8 heteroatoms. The van der Waals surface area contributed by atoms with E-state index < -0.39 is 5.91 Å². The normalized spacial score (nSPS) is 15.6. The number of nitrogens with one attached hydrogen (secondary N) is 1. The lowest BCUT2D eigenvalue weighted by atomic mass is 9.88. The molecule has 0 aliphatic heterocycles. The molecule has 30 heavy (non-hydrogen) atoms. The molecule has 1 aliphatic carbocycles. The molecule has 3 N–H and O–H groups in total. The molecule has 0 fully saturated rings. The van der Waals surface area contributed by atoms with Crippen molar-refractivity contribution < 1.29 is 9.59 Å². The van der Waals surface area contributed by atoms with Gasteiger partial charge >= 0.3 is 0 Å². The Balaban J connectivity index is 1.63. The first kappa shape index (κ1) is 20.6. The number of amides is 2. The van der Waals surface area contributed by atoms with Crippen molar-refractivity contribution in [1.29, 1.82) is 0 Å². The average Bonchev–Trinajstić information content (AvgIpc) is 3.18. The lowest BCUT2D eigenvalue weighted by Crippen LogP contribution is -2.19. The summed E-state index contributed by atoms with van der Waals surface area (Å²) in [6.45, 7) is 4.40.